The summed E-state index contributed by atoms with van der Waals surface area (Å²) in [5.41, 5.74) is 0. The van der Waals surface area contributed by atoms with Crippen molar-refractivity contribution >= 4 is 39.5 Å². The Bertz CT molecular complexity index is 2420. The number of carbonyl (C=O) groups is 4. The van der Waals surface area contributed by atoms with Crippen LogP contribution in [0.2, 0.25) is 0 Å². The topological polar surface area (TPSA) is 237 Å². The maximum Gasteiger partial charge on any atom is 0.472 e. The molecule has 0 heterocycles. The molecule has 0 bridgehead atoms. The van der Waals surface area contributed by atoms with Gasteiger partial charge in [-0.3, -0.25) is 37.3 Å². The van der Waals surface area contributed by atoms with Gasteiger partial charge in [0.2, 0.25) is 0 Å². The number of esters is 4. The molecule has 0 rings (SSSR count). The fourth-order valence-electron chi connectivity index (χ4n) is 11.9. The van der Waals surface area contributed by atoms with Gasteiger partial charge in [-0.25, -0.2) is 9.13 Å². The first-order valence-corrected chi connectivity index (χ1v) is 46.5. The Morgan fingerprint density at radius 3 is 0.769 bits per heavy atom. The molecule has 0 fully saturated rings. The summed E-state index contributed by atoms with van der Waals surface area (Å²) >= 11 is 0. The van der Waals surface area contributed by atoms with Gasteiger partial charge >= 0.3 is 39.5 Å². The van der Waals surface area contributed by atoms with Crippen LogP contribution in [0.15, 0.2) is 97.2 Å². The smallest absolute Gasteiger partial charge is 0.462 e. The molecule has 17 nitrogen and oxygen atoms in total. The fourth-order valence-corrected chi connectivity index (χ4v) is 13.5. The first-order valence-electron chi connectivity index (χ1n) is 43.5. The van der Waals surface area contributed by atoms with E-state index in [-0.39, 0.29) is 25.7 Å². The van der Waals surface area contributed by atoms with Crippen molar-refractivity contribution in [3.8, 4) is 0 Å². The number of phosphoric ester groups is 2. The summed E-state index contributed by atoms with van der Waals surface area (Å²) in [6, 6.07) is 0. The predicted octanol–water partition coefficient (Wildman–Crippen LogP) is 25.9. The second-order valence-corrected chi connectivity index (χ2v) is 32.0. The summed E-state index contributed by atoms with van der Waals surface area (Å²) in [5.74, 6) is -2.18. The van der Waals surface area contributed by atoms with Gasteiger partial charge in [0.05, 0.1) is 26.4 Å². The van der Waals surface area contributed by atoms with E-state index in [1.807, 2.05) is 0 Å². The minimum absolute atomic E-state index is 0.0835. The van der Waals surface area contributed by atoms with Gasteiger partial charge in [0.15, 0.2) is 12.2 Å². The van der Waals surface area contributed by atoms with Crippen LogP contribution < -0.4 is 0 Å². The van der Waals surface area contributed by atoms with Crippen LogP contribution in [0.25, 0.3) is 0 Å². The molecule has 0 saturated carbocycles. The van der Waals surface area contributed by atoms with Gasteiger partial charge in [-0.2, -0.15) is 0 Å². The Hall–Kier alpha value is -4.02. The van der Waals surface area contributed by atoms with E-state index < -0.39 is 97.5 Å². The third-order valence-corrected chi connectivity index (χ3v) is 20.4. The summed E-state index contributed by atoms with van der Waals surface area (Å²) < 4.78 is 68.9. The van der Waals surface area contributed by atoms with E-state index in [1.54, 1.807) is 0 Å². The minimum atomic E-state index is -4.98. The van der Waals surface area contributed by atoms with Crippen molar-refractivity contribution in [3.05, 3.63) is 97.2 Å². The van der Waals surface area contributed by atoms with Gasteiger partial charge in [-0.15, -0.1) is 0 Å². The van der Waals surface area contributed by atoms with Crippen molar-refractivity contribution in [1.29, 1.82) is 0 Å². The number of ether oxygens (including phenoxy) is 4. The lowest BCUT2D eigenvalue weighted by Crippen LogP contribution is -2.30. The Labute approximate surface area is 658 Å². The maximum absolute atomic E-state index is 13.1. The van der Waals surface area contributed by atoms with E-state index in [2.05, 4.69) is 125 Å². The average Bonchev–Trinajstić information content (AvgIpc) is 0.923. The normalized spacial score (nSPS) is 14.2. The molecule has 108 heavy (non-hydrogen) atoms. The second-order valence-electron chi connectivity index (χ2n) is 29.1. The minimum Gasteiger partial charge on any atom is -0.462 e. The number of phosphoric acid groups is 2. The fraction of sp³-hybridized carbons (Fsp3) is 0.775. The average molecular weight is 1560 g/mol. The van der Waals surface area contributed by atoms with Crippen molar-refractivity contribution in [3.63, 3.8) is 0 Å². The zero-order valence-corrected chi connectivity index (χ0v) is 70.6. The standard InChI is InChI=1S/C89H158O17P2/c1-5-9-13-17-21-25-29-33-37-39-41-43-47-49-53-57-61-65-69-73-86(91)99-79-84(105-88(93)75-71-67-63-59-55-51-45-35-31-27-23-19-15-11-7-3)81-103-107(95,96)101-77-83(90)78-102-108(97,98)104-82-85(106-89(94)76-72-68-64-60-56-52-46-36-32-28-24-20-16-12-8-4)80-100-87(92)74-70-66-62-58-54-50-48-44-42-40-38-34-30-26-22-18-14-10-6-2/h9,13,21-22,25-26,33-34,36-38,41-44,46,83-85,90H,5-8,10-12,14-20,23-24,27-32,35,39-40,45,47-82H2,1-4H3,(H,95,96)(H,97,98)/b13-9-,25-21-,26-22-,37-33-,38-34-,43-41-,44-42-,46-36-. The molecule has 0 aliphatic rings. The number of unbranched alkanes of at least 4 members (excludes halogenated alkanes) is 40. The molecule has 3 N–H and O–H groups in total. The maximum atomic E-state index is 13.1. The molecule has 5 unspecified atom stereocenters. The molecule has 5 atom stereocenters. The molecule has 626 valence electrons. The Morgan fingerprint density at radius 2 is 0.481 bits per heavy atom. The van der Waals surface area contributed by atoms with E-state index in [1.165, 1.54) is 122 Å². The van der Waals surface area contributed by atoms with Crippen LogP contribution in [-0.4, -0.2) is 96.7 Å². The molecule has 0 aliphatic carbocycles. The van der Waals surface area contributed by atoms with Gasteiger partial charge in [-0.1, -0.05) is 330 Å². The second kappa shape index (κ2) is 81.0. The zero-order chi connectivity index (χ0) is 78.9. The highest BCUT2D eigenvalue weighted by molar-refractivity contribution is 7.47. The van der Waals surface area contributed by atoms with Crippen LogP contribution in [0.4, 0.5) is 0 Å². The first-order chi connectivity index (χ1) is 52.7. The van der Waals surface area contributed by atoms with Crippen molar-refractivity contribution in [1.82, 2.24) is 0 Å². The Morgan fingerprint density at radius 1 is 0.269 bits per heavy atom. The molecule has 0 amide bonds. The van der Waals surface area contributed by atoms with Crippen LogP contribution in [0.1, 0.15) is 387 Å². The summed E-state index contributed by atoms with van der Waals surface area (Å²) in [6.45, 7) is 4.78. The third-order valence-electron chi connectivity index (χ3n) is 18.5. The molecular weight excluding hydrogens is 1400 g/mol. The molecule has 0 spiro atoms. The van der Waals surface area contributed by atoms with E-state index in [4.69, 9.17) is 37.0 Å². The van der Waals surface area contributed by atoms with E-state index in [0.717, 1.165) is 186 Å². The lowest BCUT2D eigenvalue weighted by atomic mass is 10.0. The molecule has 0 aromatic carbocycles. The molecule has 0 saturated heterocycles. The number of allylic oxidation sites excluding steroid dienone is 16. The monoisotopic (exact) mass is 1560 g/mol. The van der Waals surface area contributed by atoms with E-state index >= 15 is 0 Å². The molecule has 0 aromatic heterocycles. The van der Waals surface area contributed by atoms with Crippen LogP contribution in [0.3, 0.4) is 0 Å². The Balaban J connectivity index is 5.36. The van der Waals surface area contributed by atoms with Gasteiger partial charge in [0.1, 0.15) is 19.3 Å². The largest absolute Gasteiger partial charge is 0.472 e. The van der Waals surface area contributed by atoms with Gasteiger partial charge in [-0.05, 0) is 128 Å². The summed E-state index contributed by atoms with van der Waals surface area (Å²) in [4.78, 5) is 73.3. The molecule has 0 aromatic rings. The summed E-state index contributed by atoms with van der Waals surface area (Å²) in [6.07, 6.45) is 87.8. The number of hydrogen-bond donors (Lipinski definition) is 3. The van der Waals surface area contributed by atoms with E-state index in [0.29, 0.717) is 25.7 Å². The highest BCUT2D eigenvalue weighted by Crippen LogP contribution is 2.45. The highest BCUT2D eigenvalue weighted by atomic mass is 31.2. The summed E-state index contributed by atoms with van der Waals surface area (Å²) in [7, 11) is -9.97. The lowest BCUT2D eigenvalue weighted by molar-refractivity contribution is -0.161. The molecular formula is C89H158O17P2. The lowest BCUT2D eigenvalue weighted by Gasteiger charge is -2.21. The zero-order valence-electron chi connectivity index (χ0n) is 68.8. The van der Waals surface area contributed by atoms with Crippen LogP contribution in [-0.2, 0) is 65.4 Å². The molecule has 19 heteroatoms. The van der Waals surface area contributed by atoms with Crippen molar-refractivity contribution in [2.45, 2.75) is 406 Å². The van der Waals surface area contributed by atoms with E-state index in [9.17, 15) is 43.2 Å². The van der Waals surface area contributed by atoms with Gasteiger partial charge in [0, 0.05) is 25.7 Å². The summed E-state index contributed by atoms with van der Waals surface area (Å²) in [5, 5.41) is 10.7. The number of hydrogen-bond acceptors (Lipinski definition) is 15. The predicted molar refractivity (Wildman–Crippen MR) is 446 cm³/mol. The number of aliphatic hydroxyl groups excluding tert-OH is 1. The van der Waals surface area contributed by atoms with Gasteiger partial charge < -0.3 is 33.8 Å². The number of aliphatic hydroxyl groups is 1. The number of carbonyl (C=O) groups excluding carboxylic acids is 4. The molecule has 0 aliphatic heterocycles. The van der Waals surface area contributed by atoms with Crippen LogP contribution >= 0.6 is 15.6 Å². The van der Waals surface area contributed by atoms with Crippen molar-refractivity contribution < 1.29 is 80.2 Å². The Kier molecular flexibility index (Phi) is 78.0. The van der Waals surface area contributed by atoms with Crippen LogP contribution in [0.5, 0.6) is 0 Å². The SMILES string of the molecule is CC/C=C\C/C=C\C/C=C\C/C=C\CCCCCCCCC(=O)OCC(COP(=O)(O)OCC(O)COP(=O)(O)OCC(COC(=O)CCCCCCCC/C=C\C/C=C\C/C=C\CCCCC)OC(=O)CCCCCCC/C=C\CCCCCCCC)OC(=O)CCCCCCCCCCCCCCCCC. The first kappa shape index (κ1) is 104. The quantitative estimate of drug-likeness (QED) is 0.0169. The van der Waals surface area contributed by atoms with Crippen molar-refractivity contribution in [2.24, 2.45) is 0 Å². The van der Waals surface area contributed by atoms with Crippen LogP contribution in [0, 0.1) is 0 Å². The van der Waals surface area contributed by atoms with Gasteiger partial charge in [0.25, 0.3) is 0 Å². The third kappa shape index (κ3) is 80.0. The number of rotatable bonds is 82. The highest BCUT2D eigenvalue weighted by Gasteiger charge is 2.30. The molecule has 0 radical (unpaired) electrons. The van der Waals surface area contributed by atoms with Crippen molar-refractivity contribution in [2.75, 3.05) is 39.6 Å².